The van der Waals surface area contributed by atoms with Crippen molar-refractivity contribution in [2.24, 2.45) is 5.92 Å². The summed E-state index contributed by atoms with van der Waals surface area (Å²) in [6.07, 6.45) is 2.62. The summed E-state index contributed by atoms with van der Waals surface area (Å²) in [5.74, 6) is 0.420. The zero-order valence-corrected chi connectivity index (χ0v) is 12.2. The zero-order valence-electron chi connectivity index (χ0n) is 12.2. The van der Waals surface area contributed by atoms with E-state index in [0.29, 0.717) is 12.3 Å². The van der Waals surface area contributed by atoms with Gasteiger partial charge in [0.15, 0.2) is 0 Å². The lowest BCUT2D eigenvalue weighted by atomic mass is 9.85. The van der Waals surface area contributed by atoms with Crippen molar-refractivity contribution in [1.29, 1.82) is 0 Å². The molecule has 19 heavy (non-hydrogen) atoms. The molecule has 1 saturated carbocycles. The molecule has 1 aliphatic heterocycles. The molecule has 2 fully saturated rings. The second-order valence-corrected chi connectivity index (χ2v) is 6.10. The molecule has 2 aliphatic rings. The van der Waals surface area contributed by atoms with E-state index in [2.05, 4.69) is 19.2 Å². The Labute approximate surface area is 114 Å². The van der Waals surface area contributed by atoms with Gasteiger partial charge in [0.1, 0.15) is 12.1 Å². The van der Waals surface area contributed by atoms with Crippen LogP contribution in [0.25, 0.3) is 0 Å². The van der Waals surface area contributed by atoms with Crippen LogP contribution in [-0.4, -0.2) is 48.1 Å². The Morgan fingerprint density at radius 3 is 2.53 bits per heavy atom. The predicted octanol–water partition coefficient (Wildman–Crippen LogP) is 0.925. The van der Waals surface area contributed by atoms with Crippen LogP contribution < -0.4 is 5.32 Å². The fourth-order valence-electron chi connectivity index (χ4n) is 2.94. The standard InChI is InChI=1S/C14H24N2O3/c1-8(2)5-12-14(18)16(9(3)13(17)15-12)10-6-11(7-10)19-4/h8-12H,5-7H2,1-4H3,(H,15,17). The van der Waals surface area contributed by atoms with Gasteiger partial charge >= 0.3 is 0 Å². The van der Waals surface area contributed by atoms with E-state index in [0.717, 1.165) is 12.8 Å². The number of carbonyl (C=O) groups excluding carboxylic acids is 2. The van der Waals surface area contributed by atoms with Crippen molar-refractivity contribution < 1.29 is 14.3 Å². The van der Waals surface area contributed by atoms with Crippen LogP contribution in [0.3, 0.4) is 0 Å². The summed E-state index contributed by atoms with van der Waals surface area (Å²) in [6, 6.07) is -0.558. The smallest absolute Gasteiger partial charge is 0.246 e. The van der Waals surface area contributed by atoms with E-state index in [4.69, 9.17) is 4.74 Å². The number of amides is 2. The van der Waals surface area contributed by atoms with Crippen molar-refractivity contribution in [3.8, 4) is 0 Å². The van der Waals surface area contributed by atoms with E-state index < -0.39 is 0 Å². The maximum Gasteiger partial charge on any atom is 0.246 e. The molecular formula is C14H24N2O3. The molecule has 1 saturated heterocycles. The Bertz CT molecular complexity index is 364. The maximum atomic E-state index is 12.5. The van der Waals surface area contributed by atoms with Crippen molar-refractivity contribution in [3.05, 3.63) is 0 Å². The highest BCUT2D eigenvalue weighted by atomic mass is 16.5. The van der Waals surface area contributed by atoms with Crippen LogP contribution in [0.15, 0.2) is 0 Å². The molecule has 0 aromatic carbocycles. The molecule has 5 heteroatoms. The van der Waals surface area contributed by atoms with Gasteiger partial charge in [-0.1, -0.05) is 13.8 Å². The van der Waals surface area contributed by atoms with Crippen molar-refractivity contribution in [2.45, 2.75) is 64.3 Å². The highest BCUT2D eigenvalue weighted by Crippen LogP contribution is 2.31. The fourth-order valence-corrected chi connectivity index (χ4v) is 2.94. The van der Waals surface area contributed by atoms with Crippen molar-refractivity contribution in [3.63, 3.8) is 0 Å². The molecule has 1 aliphatic carbocycles. The molecule has 1 heterocycles. The molecule has 2 atom stereocenters. The summed E-state index contributed by atoms with van der Waals surface area (Å²) in [5.41, 5.74) is 0. The number of ether oxygens (including phenoxy) is 1. The topological polar surface area (TPSA) is 58.6 Å². The maximum absolute atomic E-state index is 12.5. The van der Waals surface area contributed by atoms with Gasteiger partial charge in [-0.3, -0.25) is 9.59 Å². The number of piperazine rings is 1. The Kier molecular flexibility index (Phi) is 4.13. The average molecular weight is 268 g/mol. The first-order valence-corrected chi connectivity index (χ1v) is 7.09. The molecule has 0 aromatic heterocycles. The highest BCUT2D eigenvalue weighted by molar-refractivity contribution is 5.97. The number of nitrogens with one attached hydrogen (secondary N) is 1. The van der Waals surface area contributed by atoms with E-state index in [1.165, 1.54) is 0 Å². The van der Waals surface area contributed by atoms with E-state index in [1.807, 2.05) is 0 Å². The predicted molar refractivity (Wildman–Crippen MR) is 71.5 cm³/mol. The van der Waals surface area contributed by atoms with Gasteiger partial charge in [0.25, 0.3) is 0 Å². The molecule has 0 bridgehead atoms. The quantitative estimate of drug-likeness (QED) is 0.825. The molecule has 1 N–H and O–H groups in total. The van der Waals surface area contributed by atoms with Gasteiger partial charge in [-0.25, -0.2) is 0 Å². The molecule has 0 aromatic rings. The first-order chi connectivity index (χ1) is 8.93. The lowest BCUT2D eigenvalue weighted by Crippen LogP contribution is -2.67. The van der Waals surface area contributed by atoms with Crippen LogP contribution >= 0.6 is 0 Å². The van der Waals surface area contributed by atoms with E-state index in [9.17, 15) is 9.59 Å². The Balaban J connectivity index is 2.06. The summed E-state index contributed by atoms with van der Waals surface area (Å²) in [4.78, 5) is 26.3. The summed E-state index contributed by atoms with van der Waals surface area (Å²) in [6.45, 7) is 5.93. The summed E-state index contributed by atoms with van der Waals surface area (Å²) in [7, 11) is 1.69. The number of nitrogens with zero attached hydrogens (tertiary/aromatic N) is 1. The zero-order chi connectivity index (χ0) is 14.2. The van der Waals surface area contributed by atoms with Gasteiger partial charge in [-0.15, -0.1) is 0 Å². The van der Waals surface area contributed by atoms with Crippen LogP contribution in [-0.2, 0) is 14.3 Å². The van der Waals surface area contributed by atoms with Crippen molar-refractivity contribution in [2.75, 3.05) is 7.11 Å². The van der Waals surface area contributed by atoms with Crippen LogP contribution in [0.5, 0.6) is 0 Å². The highest BCUT2D eigenvalue weighted by Gasteiger charge is 2.45. The van der Waals surface area contributed by atoms with Gasteiger partial charge in [0.05, 0.1) is 6.10 Å². The van der Waals surface area contributed by atoms with Crippen molar-refractivity contribution >= 4 is 11.8 Å². The van der Waals surface area contributed by atoms with E-state index in [1.54, 1.807) is 18.9 Å². The Morgan fingerprint density at radius 2 is 2.00 bits per heavy atom. The molecule has 0 spiro atoms. The molecule has 108 valence electrons. The molecule has 2 unspecified atom stereocenters. The minimum atomic E-state index is -0.362. The SMILES string of the molecule is COC1CC(N2C(=O)C(CC(C)C)NC(=O)C2C)C1. The minimum absolute atomic E-state index is 0.0360. The van der Waals surface area contributed by atoms with Gasteiger partial charge in [0.2, 0.25) is 11.8 Å². The number of hydrogen-bond acceptors (Lipinski definition) is 3. The Hall–Kier alpha value is -1.10. The van der Waals surface area contributed by atoms with Crippen LogP contribution in [0.1, 0.15) is 40.0 Å². The summed E-state index contributed by atoms with van der Waals surface area (Å²) >= 11 is 0. The summed E-state index contributed by atoms with van der Waals surface area (Å²) in [5, 5.41) is 2.84. The second-order valence-electron chi connectivity index (χ2n) is 6.10. The minimum Gasteiger partial charge on any atom is -0.381 e. The third kappa shape index (κ3) is 2.76. The normalized spacial score (nSPS) is 35.3. The third-order valence-electron chi connectivity index (χ3n) is 4.17. The number of carbonyl (C=O) groups is 2. The number of rotatable bonds is 4. The largest absolute Gasteiger partial charge is 0.381 e. The molecule has 2 amide bonds. The van der Waals surface area contributed by atoms with Gasteiger partial charge in [-0.2, -0.15) is 0 Å². The van der Waals surface area contributed by atoms with Gasteiger partial charge in [0, 0.05) is 13.2 Å². The number of hydrogen-bond donors (Lipinski definition) is 1. The van der Waals surface area contributed by atoms with Crippen LogP contribution in [0, 0.1) is 5.92 Å². The molecule has 0 radical (unpaired) electrons. The van der Waals surface area contributed by atoms with Crippen molar-refractivity contribution in [1.82, 2.24) is 10.2 Å². The first-order valence-electron chi connectivity index (χ1n) is 7.09. The average Bonchev–Trinajstić information content (AvgIpc) is 2.28. The first kappa shape index (κ1) is 14.3. The van der Waals surface area contributed by atoms with Crippen LogP contribution in [0.4, 0.5) is 0 Å². The van der Waals surface area contributed by atoms with Gasteiger partial charge < -0.3 is 15.0 Å². The van der Waals surface area contributed by atoms with Gasteiger partial charge in [-0.05, 0) is 32.1 Å². The number of methoxy groups -OCH3 is 1. The molecule has 5 nitrogen and oxygen atoms in total. The van der Waals surface area contributed by atoms with Crippen LogP contribution in [0.2, 0.25) is 0 Å². The monoisotopic (exact) mass is 268 g/mol. The third-order valence-corrected chi connectivity index (χ3v) is 4.17. The lowest BCUT2D eigenvalue weighted by molar-refractivity contribution is -0.157. The fraction of sp³-hybridized carbons (Fsp3) is 0.857. The Morgan fingerprint density at radius 1 is 1.37 bits per heavy atom. The second kappa shape index (κ2) is 5.49. The summed E-state index contributed by atoms with van der Waals surface area (Å²) < 4.78 is 5.26. The molecular weight excluding hydrogens is 244 g/mol. The van der Waals surface area contributed by atoms with E-state index in [-0.39, 0.29) is 36.0 Å². The lowest BCUT2D eigenvalue weighted by Gasteiger charge is -2.48. The molecule has 2 rings (SSSR count). The van der Waals surface area contributed by atoms with E-state index >= 15 is 0 Å².